The van der Waals surface area contributed by atoms with Gasteiger partial charge in [-0.3, -0.25) is 0 Å². The molecule has 1 aliphatic rings. The molecule has 0 heterocycles. The van der Waals surface area contributed by atoms with Crippen molar-refractivity contribution < 1.29 is 9.47 Å². The van der Waals surface area contributed by atoms with E-state index >= 15 is 0 Å². The summed E-state index contributed by atoms with van der Waals surface area (Å²) < 4.78 is 11.7. The molecule has 2 nitrogen and oxygen atoms in total. The maximum Gasteiger partial charge on any atom is 0.120 e. The van der Waals surface area contributed by atoms with Crippen molar-refractivity contribution in [1.29, 1.82) is 0 Å². The van der Waals surface area contributed by atoms with Crippen molar-refractivity contribution >= 4 is 15.9 Å². The Morgan fingerprint density at radius 1 is 1.21 bits per heavy atom. The van der Waals surface area contributed by atoms with E-state index in [-0.39, 0.29) is 5.41 Å². The van der Waals surface area contributed by atoms with Gasteiger partial charge in [0, 0.05) is 10.2 Å². The molecule has 0 bridgehead atoms. The van der Waals surface area contributed by atoms with Gasteiger partial charge in [-0.05, 0) is 43.5 Å². The molecule has 0 spiro atoms. The van der Waals surface area contributed by atoms with Gasteiger partial charge in [-0.1, -0.05) is 36.7 Å². The molecule has 3 unspecified atom stereocenters. The second-order valence-corrected chi connectivity index (χ2v) is 6.59. The van der Waals surface area contributed by atoms with Crippen LogP contribution in [0.4, 0.5) is 0 Å². The smallest absolute Gasteiger partial charge is 0.120 e. The first-order chi connectivity index (χ1) is 9.10. The summed E-state index contributed by atoms with van der Waals surface area (Å²) in [7, 11) is 0. The molecule has 0 saturated heterocycles. The Hall–Kier alpha value is -0.700. The summed E-state index contributed by atoms with van der Waals surface area (Å²) in [5.41, 5.74) is 0.247. The highest BCUT2D eigenvalue weighted by molar-refractivity contribution is 9.09. The molecule has 0 amide bonds. The van der Waals surface area contributed by atoms with Gasteiger partial charge in [0.25, 0.3) is 0 Å². The molecule has 1 saturated carbocycles. The predicted molar refractivity (Wildman–Crippen MR) is 82.4 cm³/mol. The summed E-state index contributed by atoms with van der Waals surface area (Å²) >= 11 is 3.74. The normalized spacial score (nSPS) is 29.7. The average Bonchev–Trinajstić information content (AvgIpc) is 2.45. The lowest BCUT2D eigenvalue weighted by molar-refractivity contribution is -0.0243. The molecule has 106 valence electrons. The molecular formula is C16H23BrO2. The Morgan fingerprint density at radius 3 is 2.37 bits per heavy atom. The van der Waals surface area contributed by atoms with Gasteiger partial charge in [0.2, 0.25) is 0 Å². The molecule has 1 aromatic carbocycles. The lowest BCUT2D eigenvalue weighted by Gasteiger charge is -2.50. The monoisotopic (exact) mass is 326 g/mol. The first kappa shape index (κ1) is 14.7. The van der Waals surface area contributed by atoms with E-state index in [1.54, 1.807) is 0 Å². The van der Waals surface area contributed by atoms with Crippen molar-refractivity contribution in [2.75, 3.05) is 6.61 Å². The van der Waals surface area contributed by atoms with Crippen LogP contribution < -0.4 is 9.47 Å². The molecule has 3 heteroatoms. The number of ether oxygens (including phenoxy) is 2. The highest BCUT2D eigenvalue weighted by Gasteiger charge is 2.50. The Labute approximate surface area is 124 Å². The van der Waals surface area contributed by atoms with Gasteiger partial charge >= 0.3 is 0 Å². The Bertz CT molecular complexity index is 404. The summed E-state index contributed by atoms with van der Waals surface area (Å²) in [6, 6.07) is 7.97. The van der Waals surface area contributed by atoms with Crippen LogP contribution in [0.2, 0.25) is 0 Å². The van der Waals surface area contributed by atoms with E-state index in [0.717, 1.165) is 37.4 Å². The molecule has 0 radical (unpaired) electrons. The molecule has 1 aliphatic carbocycles. The van der Waals surface area contributed by atoms with Crippen molar-refractivity contribution in [3.05, 3.63) is 24.3 Å². The van der Waals surface area contributed by atoms with E-state index < -0.39 is 0 Å². The molecule has 2 rings (SSSR count). The fourth-order valence-electron chi connectivity index (χ4n) is 2.40. The topological polar surface area (TPSA) is 18.5 Å². The third-order valence-electron chi connectivity index (χ3n) is 4.21. The number of hydrogen-bond donors (Lipinski definition) is 0. The number of benzene rings is 1. The van der Waals surface area contributed by atoms with Crippen LogP contribution in [0.25, 0.3) is 0 Å². The molecule has 0 aromatic heterocycles. The van der Waals surface area contributed by atoms with Crippen LogP contribution >= 0.6 is 15.9 Å². The van der Waals surface area contributed by atoms with E-state index in [9.17, 15) is 0 Å². The van der Waals surface area contributed by atoms with Crippen LogP contribution in [0.15, 0.2) is 24.3 Å². The lowest BCUT2D eigenvalue weighted by atomic mass is 9.65. The van der Waals surface area contributed by atoms with Crippen LogP contribution in [0.5, 0.6) is 11.5 Å². The molecule has 19 heavy (non-hydrogen) atoms. The van der Waals surface area contributed by atoms with E-state index in [4.69, 9.17) is 9.47 Å². The molecule has 1 fully saturated rings. The zero-order chi connectivity index (χ0) is 13.9. The zero-order valence-corrected chi connectivity index (χ0v) is 13.6. The average molecular weight is 327 g/mol. The molecule has 1 aromatic rings. The Balaban J connectivity index is 1.93. The number of rotatable bonds is 6. The highest BCUT2D eigenvalue weighted by Crippen LogP contribution is 2.50. The summed E-state index contributed by atoms with van der Waals surface area (Å²) in [6.07, 6.45) is 3.55. The van der Waals surface area contributed by atoms with Gasteiger partial charge in [0.15, 0.2) is 0 Å². The van der Waals surface area contributed by atoms with Gasteiger partial charge in [0.05, 0.1) is 6.61 Å². The first-order valence-electron chi connectivity index (χ1n) is 7.13. The highest BCUT2D eigenvalue weighted by atomic mass is 79.9. The quantitative estimate of drug-likeness (QED) is 0.698. The summed E-state index contributed by atoms with van der Waals surface area (Å²) in [5, 5.41) is 0. The third-order valence-corrected chi connectivity index (χ3v) is 5.63. The van der Waals surface area contributed by atoms with Gasteiger partial charge in [-0.2, -0.15) is 0 Å². The van der Waals surface area contributed by atoms with E-state index in [1.165, 1.54) is 0 Å². The second kappa shape index (κ2) is 6.17. The zero-order valence-electron chi connectivity index (χ0n) is 12.0. The minimum absolute atomic E-state index is 0.247. The molecule has 3 atom stereocenters. The SMILES string of the molecule is CCCOc1ccc(OC2CC(Br)C2(C)CC)cc1. The van der Waals surface area contributed by atoms with Crippen molar-refractivity contribution in [1.82, 2.24) is 0 Å². The number of hydrogen-bond acceptors (Lipinski definition) is 2. The lowest BCUT2D eigenvalue weighted by Crippen LogP contribution is -2.54. The van der Waals surface area contributed by atoms with Crippen LogP contribution in [0.3, 0.4) is 0 Å². The predicted octanol–water partition coefficient (Wildman–Crippen LogP) is 4.81. The van der Waals surface area contributed by atoms with Crippen LogP contribution in [0, 0.1) is 5.41 Å². The van der Waals surface area contributed by atoms with Crippen LogP contribution in [0.1, 0.15) is 40.0 Å². The maximum atomic E-state index is 6.10. The first-order valence-corrected chi connectivity index (χ1v) is 8.05. The van der Waals surface area contributed by atoms with E-state index in [0.29, 0.717) is 10.9 Å². The fraction of sp³-hybridized carbons (Fsp3) is 0.625. The van der Waals surface area contributed by atoms with Crippen LogP contribution in [-0.4, -0.2) is 17.5 Å². The Morgan fingerprint density at radius 2 is 1.84 bits per heavy atom. The minimum atomic E-state index is 0.247. The summed E-state index contributed by atoms with van der Waals surface area (Å²) in [6.45, 7) is 7.39. The second-order valence-electron chi connectivity index (χ2n) is 5.49. The molecule has 0 N–H and O–H groups in total. The van der Waals surface area contributed by atoms with E-state index in [2.05, 4.69) is 36.7 Å². The van der Waals surface area contributed by atoms with E-state index in [1.807, 2.05) is 24.3 Å². The van der Waals surface area contributed by atoms with Crippen molar-refractivity contribution in [3.63, 3.8) is 0 Å². The Kier molecular flexibility index (Phi) is 4.77. The van der Waals surface area contributed by atoms with Gasteiger partial charge in [-0.25, -0.2) is 0 Å². The summed E-state index contributed by atoms with van der Waals surface area (Å²) in [4.78, 5) is 0.571. The third kappa shape index (κ3) is 3.07. The van der Waals surface area contributed by atoms with Crippen molar-refractivity contribution in [2.45, 2.75) is 51.0 Å². The van der Waals surface area contributed by atoms with Gasteiger partial charge in [-0.15, -0.1) is 0 Å². The van der Waals surface area contributed by atoms with Gasteiger partial charge < -0.3 is 9.47 Å². The minimum Gasteiger partial charge on any atom is -0.494 e. The van der Waals surface area contributed by atoms with Gasteiger partial charge in [0.1, 0.15) is 17.6 Å². The van der Waals surface area contributed by atoms with Crippen LogP contribution in [-0.2, 0) is 0 Å². The largest absolute Gasteiger partial charge is 0.494 e. The summed E-state index contributed by atoms with van der Waals surface area (Å²) in [5.74, 6) is 1.85. The molecular weight excluding hydrogens is 304 g/mol. The standard InChI is InChI=1S/C16H23BrO2/c1-4-10-18-12-6-8-13(9-7-12)19-15-11-14(17)16(15,3)5-2/h6-9,14-15H,4-5,10-11H2,1-3H3. The van der Waals surface area contributed by atoms with Crippen molar-refractivity contribution in [2.24, 2.45) is 5.41 Å². The maximum absolute atomic E-state index is 6.10. The molecule has 0 aliphatic heterocycles. The fourth-order valence-corrected chi connectivity index (χ4v) is 3.36. The number of alkyl halides is 1. The van der Waals surface area contributed by atoms with Crippen molar-refractivity contribution in [3.8, 4) is 11.5 Å². The number of halogens is 1.